The average molecular weight is 245 g/mol. The topological polar surface area (TPSA) is 35.2 Å². The summed E-state index contributed by atoms with van der Waals surface area (Å²) in [6.45, 7) is 2.73. The van der Waals surface area contributed by atoms with Crippen molar-refractivity contribution in [3.63, 3.8) is 0 Å². The van der Waals surface area contributed by atoms with Crippen molar-refractivity contribution in [2.24, 2.45) is 5.73 Å². The van der Waals surface area contributed by atoms with Gasteiger partial charge in [0, 0.05) is 6.54 Å². The minimum atomic E-state index is -0.213. The molecule has 2 aromatic carbocycles. The molecule has 18 heavy (non-hydrogen) atoms. The number of halogens is 1. The summed E-state index contributed by atoms with van der Waals surface area (Å²) in [5.74, 6) is 0.464. The van der Waals surface area contributed by atoms with Gasteiger partial charge in [-0.1, -0.05) is 24.3 Å². The number of ether oxygens (including phenoxy) is 1. The molecule has 0 aliphatic rings. The summed E-state index contributed by atoms with van der Waals surface area (Å²) in [6.07, 6.45) is 0. The first kappa shape index (κ1) is 12.6. The van der Waals surface area contributed by atoms with E-state index in [9.17, 15) is 4.39 Å². The molecule has 0 saturated carbocycles. The Kier molecular flexibility index (Phi) is 3.95. The Morgan fingerprint density at radius 1 is 1.06 bits per heavy atom. The maximum absolute atomic E-state index is 13.1. The predicted molar refractivity (Wildman–Crippen MR) is 69.8 cm³/mol. The van der Waals surface area contributed by atoms with E-state index in [0.717, 1.165) is 11.1 Å². The zero-order chi connectivity index (χ0) is 13.0. The number of nitrogens with two attached hydrogens (primary N) is 1. The molecule has 0 aliphatic carbocycles. The van der Waals surface area contributed by atoms with Crippen LogP contribution in [-0.2, 0) is 13.2 Å². The van der Waals surface area contributed by atoms with E-state index in [-0.39, 0.29) is 5.82 Å². The third kappa shape index (κ3) is 3.08. The van der Waals surface area contributed by atoms with E-state index in [4.69, 9.17) is 10.5 Å². The van der Waals surface area contributed by atoms with E-state index in [0.29, 0.717) is 24.5 Å². The van der Waals surface area contributed by atoms with E-state index >= 15 is 0 Å². The van der Waals surface area contributed by atoms with E-state index < -0.39 is 0 Å². The third-order valence-electron chi connectivity index (χ3n) is 2.79. The van der Waals surface area contributed by atoms with Crippen molar-refractivity contribution in [2.75, 3.05) is 0 Å². The summed E-state index contributed by atoms with van der Waals surface area (Å²) in [4.78, 5) is 0. The van der Waals surface area contributed by atoms with Crippen molar-refractivity contribution in [2.45, 2.75) is 20.1 Å². The second kappa shape index (κ2) is 5.65. The highest BCUT2D eigenvalue weighted by Crippen LogP contribution is 2.17. The largest absolute Gasteiger partial charge is 0.489 e. The van der Waals surface area contributed by atoms with Gasteiger partial charge in [-0.15, -0.1) is 0 Å². The molecule has 2 N–H and O–H groups in total. The molecule has 0 aromatic heterocycles. The van der Waals surface area contributed by atoms with E-state index in [2.05, 4.69) is 0 Å². The highest BCUT2D eigenvalue weighted by Gasteiger charge is 2.00. The summed E-state index contributed by atoms with van der Waals surface area (Å²) in [7, 11) is 0. The van der Waals surface area contributed by atoms with Crippen molar-refractivity contribution < 1.29 is 9.13 Å². The maximum Gasteiger partial charge on any atom is 0.126 e. The minimum Gasteiger partial charge on any atom is -0.489 e. The number of benzene rings is 2. The maximum atomic E-state index is 13.1. The Morgan fingerprint density at radius 3 is 2.33 bits per heavy atom. The van der Waals surface area contributed by atoms with Crippen LogP contribution in [0.5, 0.6) is 5.75 Å². The Balaban J connectivity index is 1.99. The molecule has 0 fully saturated rings. The molecule has 2 nitrogen and oxygen atoms in total. The van der Waals surface area contributed by atoms with Crippen LogP contribution in [0.15, 0.2) is 42.5 Å². The van der Waals surface area contributed by atoms with Crippen LogP contribution < -0.4 is 10.5 Å². The Labute approximate surface area is 106 Å². The van der Waals surface area contributed by atoms with E-state index in [1.54, 1.807) is 19.1 Å². The summed E-state index contributed by atoms with van der Waals surface area (Å²) < 4.78 is 18.7. The highest BCUT2D eigenvalue weighted by molar-refractivity contribution is 5.29. The van der Waals surface area contributed by atoms with E-state index in [1.165, 1.54) is 6.07 Å². The molecule has 0 heterocycles. The van der Waals surface area contributed by atoms with Gasteiger partial charge < -0.3 is 10.5 Å². The van der Waals surface area contributed by atoms with Gasteiger partial charge in [-0.2, -0.15) is 0 Å². The smallest absolute Gasteiger partial charge is 0.126 e. The number of rotatable bonds is 4. The fourth-order valence-electron chi connectivity index (χ4n) is 1.65. The highest BCUT2D eigenvalue weighted by atomic mass is 19.1. The normalized spacial score (nSPS) is 10.4. The molecule has 0 radical (unpaired) electrons. The molecule has 0 spiro atoms. The van der Waals surface area contributed by atoms with Crippen molar-refractivity contribution in [1.82, 2.24) is 0 Å². The van der Waals surface area contributed by atoms with Crippen LogP contribution in [0.2, 0.25) is 0 Å². The van der Waals surface area contributed by atoms with Crippen molar-refractivity contribution in [3.8, 4) is 5.75 Å². The SMILES string of the molecule is Cc1cc(OCc2ccc(CN)cc2)ccc1F. The molecule has 94 valence electrons. The van der Waals surface area contributed by atoms with Gasteiger partial charge in [0.05, 0.1) is 0 Å². The zero-order valence-electron chi connectivity index (χ0n) is 10.3. The molecule has 0 aliphatic heterocycles. The number of hydrogen-bond acceptors (Lipinski definition) is 2. The Hall–Kier alpha value is -1.87. The first-order chi connectivity index (χ1) is 8.69. The molecular weight excluding hydrogens is 229 g/mol. The fraction of sp³-hybridized carbons (Fsp3) is 0.200. The van der Waals surface area contributed by atoms with Gasteiger partial charge in [0.25, 0.3) is 0 Å². The molecular formula is C15H16FNO. The third-order valence-corrected chi connectivity index (χ3v) is 2.79. The average Bonchev–Trinajstić information content (AvgIpc) is 2.41. The van der Waals surface area contributed by atoms with Gasteiger partial charge in [-0.25, -0.2) is 4.39 Å². The first-order valence-electron chi connectivity index (χ1n) is 5.86. The van der Waals surface area contributed by atoms with Gasteiger partial charge in [0.1, 0.15) is 18.2 Å². The molecule has 0 unspecified atom stereocenters. The van der Waals surface area contributed by atoms with Gasteiger partial charge in [-0.05, 0) is 41.8 Å². The van der Waals surface area contributed by atoms with Crippen LogP contribution in [0.25, 0.3) is 0 Å². The van der Waals surface area contributed by atoms with Gasteiger partial charge in [0.15, 0.2) is 0 Å². The van der Waals surface area contributed by atoms with Gasteiger partial charge in [0.2, 0.25) is 0 Å². The summed E-state index contributed by atoms with van der Waals surface area (Å²) in [5, 5.41) is 0. The lowest BCUT2D eigenvalue weighted by atomic mass is 10.1. The standard InChI is InChI=1S/C15H16FNO/c1-11-8-14(6-7-15(11)16)18-10-13-4-2-12(9-17)3-5-13/h2-8H,9-10,17H2,1H3. The van der Waals surface area contributed by atoms with Crippen molar-refractivity contribution in [1.29, 1.82) is 0 Å². The summed E-state index contributed by atoms with van der Waals surface area (Å²) in [5.41, 5.74) is 8.28. The molecule has 3 heteroatoms. The second-order valence-electron chi connectivity index (χ2n) is 4.22. The number of aryl methyl sites for hydroxylation is 1. The molecule has 0 amide bonds. The molecule has 2 rings (SSSR count). The van der Waals surface area contributed by atoms with Crippen LogP contribution in [0.1, 0.15) is 16.7 Å². The van der Waals surface area contributed by atoms with Crippen molar-refractivity contribution >= 4 is 0 Å². The first-order valence-corrected chi connectivity index (χ1v) is 5.86. The lowest BCUT2D eigenvalue weighted by molar-refractivity contribution is 0.305. The number of hydrogen-bond donors (Lipinski definition) is 1. The lowest BCUT2D eigenvalue weighted by Gasteiger charge is -2.08. The molecule has 0 saturated heterocycles. The van der Waals surface area contributed by atoms with Crippen LogP contribution in [0.3, 0.4) is 0 Å². The Morgan fingerprint density at radius 2 is 1.72 bits per heavy atom. The van der Waals surface area contributed by atoms with Crippen LogP contribution in [-0.4, -0.2) is 0 Å². The molecule has 0 atom stereocenters. The minimum absolute atomic E-state index is 0.213. The fourth-order valence-corrected chi connectivity index (χ4v) is 1.65. The van der Waals surface area contributed by atoms with Crippen LogP contribution >= 0.6 is 0 Å². The monoisotopic (exact) mass is 245 g/mol. The second-order valence-corrected chi connectivity index (χ2v) is 4.22. The zero-order valence-corrected chi connectivity index (χ0v) is 10.3. The molecule has 2 aromatic rings. The lowest BCUT2D eigenvalue weighted by Crippen LogP contribution is -1.99. The predicted octanol–water partition coefficient (Wildman–Crippen LogP) is 3.17. The van der Waals surface area contributed by atoms with Gasteiger partial charge >= 0.3 is 0 Å². The quantitative estimate of drug-likeness (QED) is 0.898. The van der Waals surface area contributed by atoms with Crippen LogP contribution in [0, 0.1) is 12.7 Å². The summed E-state index contributed by atoms with van der Waals surface area (Å²) in [6, 6.07) is 12.7. The molecule has 0 bridgehead atoms. The van der Waals surface area contributed by atoms with Crippen molar-refractivity contribution in [3.05, 3.63) is 65.0 Å². The van der Waals surface area contributed by atoms with E-state index in [1.807, 2.05) is 24.3 Å². The van der Waals surface area contributed by atoms with Gasteiger partial charge in [-0.3, -0.25) is 0 Å². The Bertz CT molecular complexity index is 523. The summed E-state index contributed by atoms with van der Waals surface area (Å²) >= 11 is 0. The van der Waals surface area contributed by atoms with Crippen LogP contribution in [0.4, 0.5) is 4.39 Å².